The summed E-state index contributed by atoms with van der Waals surface area (Å²) in [4.78, 5) is 17.4. The molecular weight excluding hydrogens is 395 g/mol. The van der Waals surface area contributed by atoms with E-state index < -0.39 is 22.0 Å². The zero-order chi connectivity index (χ0) is 21.0. The maximum Gasteiger partial charge on any atom is 0.225 e. The Balaban J connectivity index is 1.80. The summed E-state index contributed by atoms with van der Waals surface area (Å²) in [5, 5.41) is 3.00. The van der Waals surface area contributed by atoms with E-state index in [1.165, 1.54) is 16.4 Å². The first-order valence-electron chi connectivity index (χ1n) is 9.82. The molecule has 0 saturated carbocycles. The highest BCUT2D eigenvalue weighted by Gasteiger charge is 2.33. The van der Waals surface area contributed by atoms with Crippen molar-refractivity contribution in [1.82, 2.24) is 19.2 Å². The van der Waals surface area contributed by atoms with Gasteiger partial charge in [-0.25, -0.2) is 22.1 Å². The first kappa shape index (κ1) is 21.4. The number of hydrogen-bond donors (Lipinski definition) is 1. The molecule has 1 aromatic carbocycles. The van der Waals surface area contributed by atoms with Crippen LogP contribution in [0.25, 0.3) is 0 Å². The molecule has 0 radical (unpaired) electrons. The topological polar surface area (TPSA) is 84.3 Å². The van der Waals surface area contributed by atoms with Crippen LogP contribution >= 0.6 is 0 Å². The normalized spacial score (nSPS) is 19.1. The molecule has 7 nitrogen and oxygen atoms in total. The van der Waals surface area contributed by atoms with E-state index in [4.69, 9.17) is 0 Å². The second-order valence-electron chi connectivity index (χ2n) is 7.40. The summed E-state index contributed by atoms with van der Waals surface area (Å²) in [6.45, 7) is 2.46. The monoisotopic (exact) mass is 422 g/mol. The number of carbonyl (C=O) groups excluding carboxylic acids is 1. The minimum absolute atomic E-state index is 0.0901. The number of imidazole rings is 1. The fourth-order valence-corrected chi connectivity index (χ4v) is 5.25. The second kappa shape index (κ2) is 9.04. The van der Waals surface area contributed by atoms with E-state index in [1.54, 1.807) is 29.1 Å². The van der Waals surface area contributed by atoms with E-state index in [0.29, 0.717) is 37.2 Å². The van der Waals surface area contributed by atoms with Gasteiger partial charge in [-0.15, -0.1) is 0 Å². The van der Waals surface area contributed by atoms with Crippen LogP contribution in [0.3, 0.4) is 0 Å². The minimum atomic E-state index is -3.34. The maximum atomic E-state index is 13.4. The average molecular weight is 423 g/mol. The minimum Gasteiger partial charge on any atom is -0.342 e. The Morgan fingerprint density at radius 3 is 2.69 bits per heavy atom. The summed E-state index contributed by atoms with van der Waals surface area (Å²) in [5.74, 6) is -0.302. The summed E-state index contributed by atoms with van der Waals surface area (Å²) >= 11 is 0. The molecule has 1 saturated heterocycles. The molecular formula is C20H27FN4O3S. The van der Waals surface area contributed by atoms with Gasteiger partial charge < -0.3 is 9.88 Å². The van der Waals surface area contributed by atoms with Crippen molar-refractivity contribution in [2.24, 2.45) is 13.0 Å². The van der Waals surface area contributed by atoms with Crippen molar-refractivity contribution in [3.63, 3.8) is 0 Å². The lowest BCUT2D eigenvalue weighted by atomic mass is 9.97. The molecule has 1 aliphatic rings. The lowest BCUT2D eigenvalue weighted by molar-refractivity contribution is -0.126. The summed E-state index contributed by atoms with van der Waals surface area (Å²) in [6.07, 6.45) is 5.22. The van der Waals surface area contributed by atoms with Crippen LogP contribution in [0, 0.1) is 11.7 Å². The van der Waals surface area contributed by atoms with Gasteiger partial charge >= 0.3 is 0 Å². The number of piperidine rings is 1. The first-order chi connectivity index (χ1) is 13.8. The van der Waals surface area contributed by atoms with Crippen LogP contribution in [0.15, 0.2) is 36.7 Å². The predicted molar refractivity (Wildman–Crippen MR) is 108 cm³/mol. The molecule has 1 N–H and O–H groups in total. The van der Waals surface area contributed by atoms with Crippen molar-refractivity contribution in [2.75, 3.05) is 18.8 Å². The largest absolute Gasteiger partial charge is 0.342 e. The molecule has 0 unspecified atom stereocenters. The number of aromatic nitrogens is 2. The number of amides is 1. The Kier molecular flexibility index (Phi) is 6.69. The molecule has 9 heteroatoms. The summed E-state index contributed by atoms with van der Waals surface area (Å²) in [7, 11) is -1.52. The molecule has 2 atom stereocenters. The van der Waals surface area contributed by atoms with Gasteiger partial charge in [-0.2, -0.15) is 0 Å². The number of aryl methyl sites for hydroxylation is 1. The predicted octanol–water partition coefficient (Wildman–Crippen LogP) is 2.22. The number of benzene rings is 1. The van der Waals surface area contributed by atoms with Crippen molar-refractivity contribution in [3.8, 4) is 0 Å². The van der Waals surface area contributed by atoms with Gasteiger partial charge in [-0.1, -0.05) is 19.1 Å². The van der Waals surface area contributed by atoms with Crippen LogP contribution in [-0.4, -0.2) is 47.0 Å². The third-order valence-corrected chi connectivity index (χ3v) is 7.26. The van der Waals surface area contributed by atoms with Gasteiger partial charge in [0.05, 0.1) is 11.7 Å². The summed E-state index contributed by atoms with van der Waals surface area (Å²) < 4.78 is 41.4. The van der Waals surface area contributed by atoms with Crippen molar-refractivity contribution in [3.05, 3.63) is 53.9 Å². The Hall–Kier alpha value is -2.26. The molecule has 0 spiro atoms. The van der Waals surface area contributed by atoms with Gasteiger partial charge in [0.2, 0.25) is 15.9 Å². The smallest absolute Gasteiger partial charge is 0.225 e. The Bertz CT molecular complexity index is 943. The van der Waals surface area contributed by atoms with Crippen LogP contribution in [0.5, 0.6) is 0 Å². The van der Waals surface area contributed by atoms with Crippen LogP contribution in [0.1, 0.15) is 43.6 Å². The fraction of sp³-hybridized carbons (Fsp3) is 0.500. The molecule has 2 aromatic rings. The number of rotatable bonds is 7. The van der Waals surface area contributed by atoms with Crippen LogP contribution < -0.4 is 5.32 Å². The number of nitrogens with zero attached hydrogens (tertiary/aromatic N) is 3. The summed E-state index contributed by atoms with van der Waals surface area (Å²) in [6, 6.07) is 5.38. The molecule has 0 bridgehead atoms. The zero-order valence-corrected chi connectivity index (χ0v) is 17.5. The molecule has 158 valence electrons. The van der Waals surface area contributed by atoms with Gasteiger partial charge in [0, 0.05) is 32.5 Å². The van der Waals surface area contributed by atoms with E-state index in [1.807, 2.05) is 14.0 Å². The average Bonchev–Trinajstić information content (AvgIpc) is 3.12. The number of halogens is 1. The number of hydrogen-bond acceptors (Lipinski definition) is 4. The van der Waals surface area contributed by atoms with Gasteiger partial charge in [0.15, 0.2) is 0 Å². The second-order valence-corrected chi connectivity index (χ2v) is 9.49. The highest BCUT2D eigenvalue weighted by molar-refractivity contribution is 7.89. The standard InChI is InChI=1S/C20H27FN4O3S/c1-3-13-29(27,28)25-11-4-5-16(14-25)20(26)23-18(19-22-10-12-24(19)2)15-6-8-17(21)9-7-15/h6-10,12,16,18H,3-5,11,13-14H2,1-2H3,(H,23,26)/t16-,18-/m0/s1. The lowest BCUT2D eigenvalue weighted by Crippen LogP contribution is -2.46. The maximum absolute atomic E-state index is 13.4. The fourth-order valence-electron chi connectivity index (χ4n) is 3.66. The van der Waals surface area contributed by atoms with Crippen molar-refractivity contribution >= 4 is 15.9 Å². The zero-order valence-electron chi connectivity index (χ0n) is 16.7. The molecule has 1 fully saturated rings. The molecule has 2 heterocycles. The first-order valence-corrected chi connectivity index (χ1v) is 11.4. The van der Waals surface area contributed by atoms with Crippen LogP contribution in [0.4, 0.5) is 4.39 Å². The third kappa shape index (κ3) is 5.02. The third-order valence-electron chi connectivity index (χ3n) is 5.22. The van der Waals surface area contributed by atoms with Gasteiger partial charge in [-0.3, -0.25) is 4.79 Å². The van der Waals surface area contributed by atoms with Crippen molar-refractivity contribution < 1.29 is 17.6 Å². The molecule has 1 aliphatic heterocycles. The quantitative estimate of drug-likeness (QED) is 0.742. The highest BCUT2D eigenvalue weighted by atomic mass is 32.2. The van der Waals surface area contributed by atoms with E-state index >= 15 is 0 Å². The SMILES string of the molecule is CCCS(=O)(=O)N1CCC[C@H](C(=O)N[C@@H](c2ccc(F)cc2)c2nccn2C)C1. The number of carbonyl (C=O) groups is 1. The lowest BCUT2D eigenvalue weighted by Gasteiger charge is -2.32. The van der Waals surface area contributed by atoms with Gasteiger partial charge in [0.1, 0.15) is 17.7 Å². The Morgan fingerprint density at radius 2 is 2.07 bits per heavy atom. The molecule has 1 aromatic heterocycles. The van der Waals surface area contributed by atoms with Crippen molar-refractivity contribution in [2.45, 2.75) is 32.2 Å². The van der Waals surface area contributed by atoms with E-state index in [2.05, 4.69) is 10.3 Å². The molecule has 29 heavy (non-hydrogen) atoms. The van der Waals surface area contributed by atoms with E-state index in [0.717, 1.165) is 0 Å². The molecule has 3 rings (SSSR count). The molecule has 1 amide bonds. The molecule has 0 aliphatic carbocycles. The Labute approximate surface area is 171 Å². The van der Waals surface area contributed by atoms with Crippen LogP contribution in [0.2, 0.25) is 0 Å². The summed E-state index contributed by atoms with van der Waals surface area (Å²) in [5.41, 5.74) is 0.709. The van der Waals surface area contributed by atoms with Crippen LogP contribution in [-0.2, 0) is 21.9 Å². The van der Waals surface area contributed by atoms with E-state index in [-0.39, 0.29) is 24.0 Å². The van der Waals surface area contributed by atoms with Gasteiger partial charge in [0.25, 0.3) is 0 Å². The van der Waals surface area contributed by atoms with Gasteiger partial charge in [-0.05, 0) is 37.0 Å². The van der Waals surface area contributed by atoms with Crippen molar-refractivity contribution in [1.29, 1.82) is 0 Å². The van der Waals surface area contributed by atoms with E-state index in [9.17, 15) is 17.6 Å². The highest BCUT2D eigenvalue weighted by Crippen LogP contribution is 2.24. The number of sulfonamides is 1. The Morgan fingerprint density at radius 1 is 1.34 bits per heavy atom. The number of nitrogens with one attached hydrogen (secondary N) is 1.